The van der Waals surface area contributed by atoms with Crippen LogP contribution >= 0.6 is 0 Å². The van der Waals surface area contributed by atoms with E-state index in [-0.39, 0.29) is 52.6 Å². The topological polar surface area (TPSA) is 128 Å². The zero-order valence-electron chi connectivity index (χ0n) is 32.7. The Bertz CT molecular complexity index is 1520. The molecule has 0 unspecified atom stereocenters. The average Bonchev–Trinajstić information content (AvgIpc) is 3.14. The highest BCUT2D eigenvalue weighted by molar-refractivity contribution is 6.02. The number of aromatic nitrogens is 1. The van der Waals surface area contributed by atoms with Crippen LogP contribution in [0.3, 0.4) is 0 Å². The summed E-state index contributed by atoms with van der Waals surface area (Å²) in [7, 11) is 0. The van der Waals surface area contributed by atoms with Crippen LogP contribution in [0.2, 0.25) is 0 Å². The summed E-state index contributed by atoms with van der Waals surface area (Å²) < 4.78 is 1.23. The zero-order chi connectivity index (χ0) is 37.9. The van der Waals surface area contributed by atoms with Crippen molar-refractivity contribution >= 4 is 29.1 Å². The highest BCUT2D eigenvalue weighted by atomic mass is 16.3. The fourth-order valence-electron chi connectivity index (χ4n) is 5.99. The van der Waals surface area contributed by atoms with E-state index in [1.807, 2.05) is 34.6 Å². The van der Waals surface area contributed by atoms with Crippen molar-refractivity contribution in [1.29, 1.82) is 0 Å². The van der Waals surface area contributed by atoms with Crippen molar-refractivity contribution in [3.8, 4) is 5.88 Å². The summed E-state index contributed by atoms with van der Waals surface area (Å²) in [6.07, 6.45) is 8.45. The number of nitrogens with zero attached hydrogens (tertiary/aromatic N) is 6. The first-order chi connectivity index (χ1) is 24.6. The highest BCUT2D eigenvalue weighted by Crippen LogP contribution is 2.33. The third-order valence-corrected chi connectivity index (χ3v) is 9.33. The molecule has 1 N–H and O–H groups in total. The first-order valence-electron chi connectivity index (χ1n) is 19.5. The molecule has 0 saturated heterocycles. The summed E-state index contributed by atoms with van der Waals surface area (Å²) in [6, 6.07) is 4.87. The van der Waals surface area contributed by atoms with E-state index in [1.165, 1.54) is 4.57 Å². The van der Waals surface area contributed by atoms with E-state index in [2.05, 4.69) is 31.0 Å². The molecule has 11 heteroatoms. The molecule has 0 spiro atoms. The molecular formula is C40H64N6O5. The Labute approximate surface area is 306 Å². The molecule has 0 bridgehead atoms. The number of azo groups is 1. The molecule has 2 rings (SSSR count). The van der Waals surface area contributed by atoms with Crippen LogP contribution in [0.4, 0.5) is 11.4 Å². The fraction of sp³-hybridized carbons (Fsp3) is 0.650. The van der Waals surface area contributed by atoms with Crippen molar-refractivity contribution in [2.45, 2.75) is 133 Å². The first kappa shape index (κ1) is 43.1. The maximum atomic E-state index is 14.2. The number of pyridine rings is 1. The second kappa shape index (κ2) is 22.7. The van der Waals surface area contributed by atoms with E-state index in [1.54, 1.807) is 32.9 Å². The van der Waals surface area contributed by atoms with E-state index in [0.29, 0.717) is 69.7 Å². The number of rotatable bonds is 23. The van der Waals surface area contributed by atoms with Gasteiger partial charge in [0.2, 0.25) is 5.88 Å². The van der Waals surface area contributed by atoms with E-state index in [9.17, 15) is 24.3 Å². The Morgan fingerprint density at radius 2 is 1.18 bits per heavy atom. The molecule has 0 saturated carbocycles. The third-order valence-electron chi connectivity index (χ3n) is 9.33. The van der Waals surface area contributed by atoms with Crippen LogP contribution < -0.4 is 5.56 Å². The predicted octanol–water partition coefficient (Wildman–Crippen LogP) is 8.90. The number of benzene rings is 1. The van der Waals surface area contributed by atoms with Gasteiger partial charge in [0.15, 0.2) is 5.69 Å². The lowest BCUT2D eigenvalue weighted by Gasteiger charge is -2.24. The van der Waals surface area contributed by atoms with Gasteiger partial charge in [-0.05, 0) is 77.5 Å². The summed E-state index contributed by atoms with van der Waals surface area (Å²) >= 11 is 0. The van der Waals surface area contributed by atoms with Crippen LogP contribution in [0.1, 0.15) is 156 Å². The van der Waals surface area contributed by atoms with Gasteiger partial charge in [-0.1, -0.05) is 66.7 Å². The molecular weight excluding hydrogens is 644 g/mol. The summed E-state index contributed by atoms with van der Waals surface area (Å²) in [5, 5.41) is 20.7. The van der Waals surface area contributed by atoms with Gasteiger partial charge < -0.3 is 19.8 Å². The molecule has 0 aliphatic heterocycles. The predicted molar refractivity (Wildman–Crippen MR) is 206 cm³/mol. The lowest BCUT2D eigenvalue weighted by atomic mass is 10.00. The molecule has 11 nitrogen and oxygen atoms in total. The molecule has 1 aromatic carbocycles. The second-order valence-corrected chi connectivity index (χ2v) is 13.1. The van der Waals surface area contributed by atoms with E-state index >= 15 is 0 Å². The Morgan fingerprint density at radius 3 is 1.69 bits per heavy atom. The number of hydrogen-bond donors (Lipinski definition) is 1. The largest absolute Gasteiger partial charge is 0.494 e. The molecule has 51 heavy (non-hydrogen) atoms. The van der Waals surface area contributed by atoms with E-state index < -0.39 is 5.56 Å². The van der Waals surface area contributed by atoms with Gasteiger partial charge in [0.05, 0.1) is 11.3 Å². The normalized spacial score (nSPS) is 11.3. The third kappa shape index (κ3) is 11.5. The van der Waals surface area contributed by atoms with Crippen LogP contribution in [-0.2, 0) is 13.0 Å². The van der Waals surface area contributed by atoms with Crippen molar-refractivity contribution in [1.82, 2.24) is 19.3 Å². The quantitative estimate of drug-likeness (QED) is 0.115. The lowest BCUT2D eigenvalue weighted by molar-refractivity contribution is 0.0750. The average molecular weight is 709 g/mol. The SMILES string of the molecule is CCCCc1c(C(=O)N(CC)CCCC)c(O)n(CCCC)c(=O)c1N=Nc1cc(C(=O)N(CC)CCCC)ccc1C(=O)N(CC)CCCC. The minimum absolute atomic E-state index is 0.0289. The Balaban J connectivity index is 2.95. The number of amides is 3. The molecule has 1 heterocycles. The summed E-state index contributed by atoms with van der Waals surface area (Å²) in [5.41, 5.74) is 0.684. The molecule has 1 aromatic heterocycles. The van der Waals surface area contributed by atoms with Crippen molar-refractivity contribution < 1.29 is 19.5 Å². The van der Waals surface area contributed by atoms with Crippen molar-refractivity contribution in [2.75, 3.05) is 39.3 Å². The minimum Gasteiger partial charge on any atom is -0.494 e. The van der Waals surface area contributed by atoms with Gasteiger partial charge in [0.1, 0.15) is 5.56 Å². The molecule has 0 aliphatic carbocycles. The fourth-order valence-corrected chi connectivity index (χ4v) is 5.99. The number of hydrogen-bond acceptors (Lipinski definition) is 7. The van der Waals surface area contributed by atoms with Gasteiger partial charge >= 0.3 is 0 Å². The monoisotopic (exact) mass is 708 g/mol. The maximum absolute atomic E-state index is 14.2. The van der Waals surface area contributed by atoms with E-state index in [4.69, 9.17) is 0 Å². The summed E-state index contributed by atoms with van der Waals surface area (Å²) in [4.78, 5) is 61.1. The van der Waals surface area contributed by atoms with Gasteiger partial charge in [0, 0.05) is 56.9 Å². The molecule has 0 aliphatic rings. The van der Waals surface area contributed by atoms with Gasteiger partial charge in [-0.25, -0.2) is 0 Å². The molecule has 0 atom stereocenters. The van der Waals surface area contributed by atoms with Gasteiger partial charge in [0.25, 0.3) is 23.3 Å². The number of unbranched alkanes of at least 4 members (excludes halogenated alkanes) is 5. The van der Waals surface area contributed by atoms with Crippen LogP contribution in [0.5, 0.6) is 5.88 Å². The van der Waals surface area contributed by atoms with Crippen LogP contribution in [0, 0.1) is 0 Å². The summed E-state index contributed by atoms with van der Waals surface area (Å²) in [6.45, 7) is 19.4. The van der Waals surface area contributed by atoms with Crippen molar-refractivity contribution in [2.24, 2.45) is 10.2 Å². The van der Waals surface area contributed by atoms with E-state index in [0.717, 1.165) is 51.4 Å². The molecule has 0 radical (unpaired) electrons. The zero-order valence-corrected chi connectivity index (χ0v) is 32.7. The number of aromatic hydroxyl groups is 1. The standard InChI is InChI=1S/C40H64N6O5/c1-9-17-22-32-34(38(49)45(16-8)27-20-12-4)39(50)46(28-21-13-5)40(51)35(32)42-41-33-29-30(36(47)43(14-6)25-18-10-2)23-24-31(33)37(48)44(15-7)26-19-11-3/h23-24,29,50H,9-22,25-28H2,1-8H3. The van der Waals surface area contributed by atoms with Crippen LogP contribution in [0.15, 0.2) is 33.2 Å². The second-order valence-electron chi connectivity index (χ2n) is 13.1. The summed E-state index contributed by atoms with van der Waals surface area (Å²) in [5.74, 6) is -1.10. The van der Waals surface area contributed by atoms with Crippen molar-refractivity contribution in [3.05, 3.63) is 50.8 Å². The highest BCUT2D eigenvalue weighted by Gasteiger charge is 2.29. The van der Waals surface area contributed by atoms with Gasteiger partial charge in [-0.2, -0.15) is 0 Å². The Morgan fingerprint density at radius 1 is 0.667 bits per heavy atom. The number of carbonyl (C=O) groups excluding carboxylic acids is 3. The first-order valence-corrected chi connectivity index (χ1v) is 19.5. The van der Waals surface area contributed by atoms with Crippen LogP contribution in [-0.4, -0.2) is 81.4 Å². The van der Waals surface area contributed by atoms with Gasteiger partial charge in [-0.3, -0.25) is 23.7 Å². The maximum Gasteiger partial charge on any atom is 0.281 e. The number of carbonyl (C=O) groups is 3. The Hall–Kier alpha value is -4.02. The lowest BCUT2D eigenvalue weighted by Crippen LogP contribution is -2.34. The van der Waals surface area contributed by atoms with Gasteiger partial charge in [-0.15, -0.1) is 10.2 Å². The molecule has 0 fully saturated rings. The molecule has 284 valence electrons. The molecule has 3 amide bonds. The van der Waals surface area contributed by atoms with Crippen molar-refractivity contribution in [3.63, 3.8) is 0 Å². The minimum atomic E-state index is -0.543. The smallest absolute Gasteiger partial charge is 0.281 e. The Kier molecular flexibility index (Phi) is 19.2. The van der Waals surface area contributed by atoms with Crippen LogP contribution in [0.25, 0.3) is 0 Å². The molecule has 2 aromatic rings.